The van der Waals surface area contributed by atoms with E-state index in [4.69, 9.17) is 18.9 Å². The van der Waals surface area contributed by atoms with Crippen LogP contribution in [0.4, 0.5) is 16.2 Å². The number of alkyl carbamates (subject to hydrolysis) is 1. The maximum atomic E-state index is 12.5. The van der Waals surface area contributed by atoms with Crippen LogP contribution in [0.1, 0.15) is 96.6 Å². The third kappa shape index (κ3) is 13.2. The molecule has 320 valence electrons. The monoisotopic (exact) mass is 810 g/mol. The van der Waals surface area contributed by atoms with Crippen LogP contribution >= 0.6 is 0 Å². The van der Waals surface area contributed by atoms with E-state index in [1.807, 2.05) is 6.08 Å². The minimum Gasteiger partial charge on any atom is -0.442 e. The quantitative estimate of drug-likeness (QED) is 0.0531. The number of amides is 2. The number of allylic oxidation sites excluding steroid dienone is 7. The Labute approximate surface area is 353 Å². The van der Waals surface area contributed by atoms with Gasteiger partial charge in [-0.2, -0.15) is 4.58 Å². The van der Waals surface area contributed by atoms with Gasteiger partial charge in [0.1, 0.15) is 13.2 Å². The molecular formula is C49H69N4O6+. The molecule has 0 aromatic heterocycles. The number of ether oxygens (including phenoxy) is 4. The smallest absolute Gasteiger partial charge is 0.407 e. The normalized spacial score (nSPS) is 19.5. The van der Waals surface area contributed by atoms with Gasteiger partial charge in [0, 0.05) is 60.6 Å². The van der Waals surface area contributed by atoms with Gasteiger partial charge < -0.3 is 34.5 Å². The molecule has 2 N–H and O–H groups in total. The third-order valence-electron chi connectivity index (χ3n) is 11.6. The van der Waals surface area contributed by atoms with Crippen LogP contribution in [0.5, 0.6) is 0 Å². The van der Waals surface area contributed by atoms with Crippen LogP contribution in [0.3, 0.4) is 0 Å². The van der Waals surface area contributed by atoms with E-state index >= 15 is 0 Å². The number of rotatable bonds is 22. The second-order valence-electron chi connectivity index (χ2n) is 16.6. The lowest BCUT2D eigenvalue weighted by Crippen LogP contribution is -2.31. The molecule has 2 aliphatic heterocycles. The molecule has 10 heteroatoms. The fraction of sp³-hybridized carbons (Fsp3) is 0.531. The van der Waals surface area contributed by atoms with E-state index < -0.39 is 6.09 Å². The van der Waals surface area contributed by atoms with Gasteiger partial charge in [-0.25, -0.2) is 4.79 Å². The molecule has 2 heterocycles. The fourth-order valence-corrected chi connectivity index (χ4v) is 8.30. The van der Waals surface area contributed by atoms with Crippen molar-refractivity contribution in [1.29, 1.82) is 0 Å². The largest absolute Gasteiger partial charge is 0.442 e. The first-order valence-electron chi connectivity index (χ1n) is 21.8. The number of carbonyl (C=O) groups is 2. The van der Waals surface area contributed by atoms with Gasteiger partial charge in [-0.3, -0.25) is 4.79 Å². The summed E-state index contributed by atoms with van der Waals surface area (Å²) in [5.74, 6) is 0.0575. The molecule has 1 aliphatic carbocycles. The molecule has 3 aliphatic rings. The lowest BCUT2D eigenvalue weighted by atomic mass is 9.81. The van der Waals surface area contributed by atoms with Crippen molar-refractivity contribution in [2.45, 2.75) is 102 Å². The van der Waals surface area contributed by atoms with Crippen LogP contribution in [-0.4, -0.2) is 94.7 Å². The van der Waals surface area contributed by atoms with E-state index in [-0.39, 0.29) is 22.8 Å². The molecule has 2 amide bonds. The molecule has 2 aromatic rings. The van der Waals surface area contributed by atoms with E-state index in [0.29, 0.717) is 59.2 Å². The van der Waals surface area contributed by atoms with E-state index in [9.17, 15) is 9.59 Å². The summed E-state index contributed by atoms with van der Waals surface area (Å²) in [6, 6.07) is 17.4. The molecule has 0 saturated heterocycles. The summed E-state index contributed by atoms with van der Waals surface area (Å²) in [4.78, 5) is 27.0. The number of hydrogen-bond acceptors (Lipinski definition) is 7. The van der Waals surface area contributed by atoms with Gasteiger partial charge in [0.05, 0.1) is 45.1 Å². The second-order valence-corrected chi connectivity index (χ2v) is 16.6. The van der Waals surface area contributed by atoms with Crippen LogP contribution < -0.4 is 15.5 Å². The van der Waals surface area contributed by atoms with Crippen LogP contribution in [0, 0.1) is 0 Å². The van der Waals surface area contributed by atoms with Gasteiger partial charge in [0.25, 0.3) is 0 Å². The zero-order chi connectivity index (χ0) is 41.9. The number of nitrogens with one attached hydrogen (secondary N) is 2. The molecule has 5 rings (SSSR count). The van der Waals surface area contributed by atoms with Crippen LogP contribution in [0.25, 0.3) is 0 Å². The number of nitrogens with zero attached hydrogens (tertiary/aromatic N) is 2. The van der Waals surface area contributed by atoms with Crippen molar-refractivity contribution in [3.63, 3.8) is 0 Å². The maximum Gasteiger partial charge on any atom is 0.407 e. The summed E-state index contributed by atoms with van der Waals surface area (Å²) in [6.07, 6.45) is 23.2. The molecule has 10 nitrogen and oxygen atoms in total. The highest BCUT2D eigenvalue weighted by Crippen LogP contribution is 2.47. The molecule has 0 spiro atoms. The number of unbranched alkanes of at least 4 members (excludes halogenated alkanes) is 2. The zero-order valence-electron chi connectivity index (χ0n) is 36.3. The van der Waals surface area contributed by atoms with Crippen molar-refractivity contribution in [3.8, 4) is 0 Å². The molecule has 0 saturated carbocycles. The van der Waals surface area contributed by atoms with Crippen molar-refractivity contribution in [2.24, 2.45) is 0 Å². The van der Waals surface area contributed by atoms with Crippen LogP contribution in [0.15, 0.2) is 96.8 Å². The molecule has 59 heavy (non-hydrogen) atoms. The Morgan fingerprint density at radius 1 is 0.780 bits per heavy atom. The van der Waals surface area contributed by atoms with E-state index in [1.54, 1.807) is 0 Å². The molecular weight excluding hydrogens is 741 g/mol. The highest BCUT2D eigenvalue weighted by Gasteiger charge is 2.42. The van der Waals surface area contributed by atoms with Gasteiger partial charge in [-0.1, -0.05) is 87.4 Å². The average molecular weight is 810 g/mol. The predicted molar refractivity (Wildman–Crippen MR) is 238 cm³/mol. The van der Waals surface area contributed by atoms with E-state index in [0.717, 1.165) is 45.1 Å². The van der Waals surface area contributed by atoms with Crippen molar-refractivity contribution < 1.29 is 33.1 Å². The number of anilines is 1. The number of hydrogen-bond donors (Lipinski definition) is 2. The van der Waals surface area contributed by atoms with Gasteiger partial charge in [-0.15, -0.1) is 0 Å². The Morgan fingerprint density at radius 2 is 1.47 bits per heavy atom. The first-order valence-corrected chi connectivity index (χ1v) is 21.8. The molecule has 0 bridgehead atoms. The third-order valence-corrected chi connectivity index (χ3v) is 11.6. The van der Waals surface area contributed by atoms with Crippen molar-refractivity contribution in [3.05, 3.63) is 108 Å². The maximum absolute atomic E-state index is 12.5. The molecule has 1 unspecified atom stereocenters. The Hall–Kier alpha value is -4.51. The second kappa shape index (κ2) is 23.3. The number of carbonyl (C=O) groups excluding carboxylic acids is 2. The minimum absolute atomic E-state index is 0.0460. The fourth-order valence-electron chi connectivity index (χ4n) is 8.30. The molecule has 2 aromatic carbocycles. The van der Waals surface area contributed by atoms with Gasteiger partial charge in [0.2, 0.25) is 11.6 Å². The minimum atomic E-state index is -0.406. The molecule has 0 fully saturated rings. The van der Waals surface area contributed by atoms with Crippen molar-refractivity contribution in [2.75, 3.05) is 71.2 Å². The lowest BCUT2D eigenvalue weighted by Gasteiger charge is -2.27. The van der Waals surface area contributed by atoms with Crippen LogP contribution in [0.2, 0.25) is 0 Å². The first kappa shape index (κ1) is 45.6. The summed E-state index contributed by atoms with van der Waals surface area (Å²) in [5.41, 5.74) is 7.67. The Kier molecular flexibility index (Phi) is 18.0. The lowest BCUT2D eigenvalue weighted by molar-refractivity contribution is -0.401. The van der Waals surface area contributed by atoms with Crippen molar-refractivity contribution >= 4 is 29.1 Å². The Morgan fingerprint density at radius 3 is 2.24 bits per heavy atom. The van der Waals surface area contributed by atoms with E-state index in [2.05, 4.69) is 140 Å². The summed E-state index contributed by atoms with van der Waals surface area (Å²) >= 11 is 0. The zero-order valence-corrected chi connectivity index (χ0v) is 36.3. The number of fused-ring (bicyclic) bond motifs is 2. The van der Waals surface area contributed by atoms with Gasteiger partial charge in [-0.05, 0) is 76.2 Å². The van der Waals surface area contributed by atoms with Crippen molar-refractivity contribution in [1.82, 2.24) is 10.6 Å². The molecule has 1 atom stereocenters. The summed E-state index contributed by atoms with van der Waals surface area (Å²) in [6.45, 7) is 13.6. The average Bonchev–Trinajstić information content (AvgIpc) is 3.54. The highest BCUT2D eigenvalue weighted by atomic mass is 16.6. The molecule has 0 radical (unpaired) electrons. The standard InChI is InChI=1S/C49H68N4O6/c1-48(2)40-23-16-18-25-42(40)52(5)44(48)27-13-9-14-28-45-49(3,4)41-24-17-19-26-43(41)53(45)32-20-10-15-29-46(54)50-30-33-56-35-37-58-38-36-57-34-31-51-47(55)59-39-21-11-7-6-8-12-22-39/h9,11,13-14,16-19,21,23-28,39H,6-8,10,12,15,20,22,29-38H2,1-5H3,(H-,50,51,54,55)/p+1/b21-11+. The summed E-state index contributed by atoms with van der Waals surface area (Å²) in [7, 11) is 2.15. The first-order chi connectivity index (χ1) is 28.6. The van der Waals surface area contributed by atoms with Gasteiger partial charge in [0.15, 0.2) is 5.71 Å². The Bertz CT molecular complexity index is 1830. The number of para-hydroxylation sites is 2. The van der Waals surface area contributed by atoms with E-state index in [1.165, 1.54) is 46.8 Å². The Balaban J connectivity index is 0.911. The summed E-state index contributed by atoms with van der Waals surface area (Å²) < 4.78 is 24.5. The predicted octanol–water partition coefficient (Wildman–Crippen LogP) is 8.83. The topological polar surface area (TPSA) is 101 Å². The van der Waals surface area contributed by atoms with Gasteiger partial charge >= 0.3 is 6.09 Å². The highest BCUT2D eigenvalue weighted by molar-refractivity contribution is 6.03. The van der Waals surface area contributed by atoms with Crippen LogP contribution in [-0.2, 0) is 34.6 Å². The SMILES string of the molecule is C[N+]1=C(/C=C/C=C/C=C2/N(CCCCCC(=O)NCCOCCOCCOCCNC(=O)OC3/C=C/CCCCC3)c3ccccc3C2(C)C)C(C)(C)c2ccccc21. The number of benzene rings is 2. The summed E-state index contributed by atoms with van der Waals surface area (Å²) in [5, 5.41) is 5.71.